The van der Waals surface area contributed by atoms with Crippen LogP contribution >= 0.6 is 22.7 Å². The fourth-order valence-corrected chi connectivity index (χ4v) is 4.88. The molecule has 0 saturated heterocycles. The minimum atomic E-state index is 0.00867. The third-order valence-electron chi connectivity index (χ3n) is 4.07. The molecular weight excluding hydrogens is 312 g/mol. The third kappa shape index (κ3) is 2.55. The van der Waals surface area contributed by atoms with Crippen LogP contribution in [0.4, 0.5) is 0 Å². The van der Waals surface area contributed by atoms with Crippen molar-refractivity contribution in [1.29, 1.82) is 0 Å². The number of aromatic amines is 1. The largest absolute Gasteiger partial charge is 0.306 e. The minimum Gasteiger partial charge on any atom is -0.306 e. The van der Waals surface area contributed by atoms with Crippen molar-refractivity contribution >= 4 is 45.0 Å². The van der Waals surface area contributed by atoms with E-state index in [1.807, 2.05) is 23.6 Å². The molecule has 0 aromatic carbocycles. The summed E-state index contributed by atoms with van der Waals surface area (Å²) in [5.74, 6) is 0.639. The van der Waals surface area contributed by atoms with Crippen LogP contribution in [0.2, 0.25) is 0 Å². The van der Waals surface area contributed by atoms with E-state index in [1.165, 1.54) is 29.7 Å². The van der Waals surface area contributed by atoms with Crippen LogP contribution in [-0.4, -0.2) is 9.97 Å². The van der Waals surface area contributed by atoms with Gasteiger partial charge in [0.05, 0.1) is 5.39 Å². The van der Waals surface area contributed by atoms with Crippen molar-refractivity contribution in [2.75, 3.05) is 0 Å². The van der Waals surface area contributed by atoms with Gasteiger partial charge in [0.1, 0.15) is 10.7 Å². The van der Waals surface area contributed by atoms with Gasteiger partial charge in [-0.15, -0.1) is 11.3 Å². The second kappa shape index (κ2) is 5.82. The molecular formula is C17H16N2OS2. The summed E-state index contributed by atoms with van der Waals surface area (Å²) >= 11 is 3.36. The Labute approximate surface area is 136 Å². The number of hydrogen-bond donors (Lipinski definition) is 1. The second-order valence-corrected chi connectivity index (χ2v) is 7.45. The number of fused-ring (bicyclic) bond motifs is 3. The molecule has 5 heteroatoms. The van der Waals surface area contributed by atoms with Gasteiger partial charge in [0.2, 0.25) is 0 Å². The number of H-pyrrole nitrogens is 1. The lowest BCUT2D eigenvalue weighted by Gasteiger charge is -1.98. The first-order valence-corrected chi connectivity index (χ1v) is 9.32. The van der Waals surface area contributed by atoms with Gasteiger partial charge < -0.3 is 4.98 Å². The molecule has 0 atom stereocenters. The van der Waals surface area contributed by atoms with Crippen molar-refractivity contribution in [3.8, 4) is 0 Å². The van der Waals surface area contributed by atoms with Crippen molar-refractivity contribution in [2.24, 2.45) is 0 Å². The van der Waals surface area contributed by atoms with E-state index >= 15 is 0 Å². The van der Waals surface area contributed by atoms with Crippen molar-refractivity contribution in [2.45, 2.75) is 32.1 Å². The fraction of sp³-hybridized carbons (Fsp3) is 0.294. The van der Waals surface area contributed by atoms with E-state index in [0.29, 0.717) is 5.82 Å². The van der Waals surface area contributed by atoms with Gasteiger partial charge in [-0.3, -0.25) is 4.79 Å². The molecule has 112 valence electrons. The minimum absolute atomic E-state index is 0.00867. The first kappa shape index (κ1) is 13.9. The lowest BCUT2D eigenvalue weighted by molar-refractivity contribution is 0.713. The van der Waals surface area contributed by atoms with Gasteiger partial charge in [0.25, 0.3) is 5.56 Å². The molecule has 1 aliphatic carbocycles. The summed E-state index contributed by atoms with van der Waals surface area (Å²) in [6.07, 6.45) is 9.64. The molecule has 0 saturated carbocycles. The van der Waals surface area contributed by atoms with Gasteiger partial charge in [0, 0.05) is 4.88 Å². The number of rotatable bonds is 2. The second-order valence-electron chi connectivity index (χ2n) is 5.59. The Morgan fingerprint density at radius 3 is 2.95 bits per heavy atom. The number of nitrogens with zero attached hydrogens (tertiary/aromatic N) is 1. The summed E-state index contributed by atoms with van der Waals surface area (Å²) in [5, 5.41) is 4.94. The van der Waals surface area contributed by atoms with Gasteiger partial charge in [-0.05, 0) is 59.7 Å². The maximum Gasteiger partial charge on any atom is 0.260 e. The topological polar surface area (TPSA) is 45.8 Å². The zero-order valence-corrected chi connectivity index (χ0v) is 13.7. The molecule has 0 amide bonds. The Bertz CT molecular complexity index is 887. The van der Waals surface area contributed by atoms with Crippen LogP contribution in [0, 0.1) is 0 Å². The molecule has 3 aromatic rings. The Balaban J connectivity index is 1.79. The van der Waals surface area contributed by atoms with Crippen LogP contribution < -0.4 is 5.56 Å². The Morgan fingerprint density at radius 1 is 1.18 bits per heavy atom. The van der Waals surface area contributed by atoms with Crippen LogP contribution in [0.1, 0.15) is 41.1 Å². The van der Waals surface area contributed by atoms with Crippen LogP contribution in [0.25, 0.3) is 22.4 Å². The number of hydrogen-bond acceptors (Lipinski definition) is 4. The average Bonchev–Trinajstić information content (AvgIpc) is 3.08. The highest BCUT2D eigenvalue weighted by atomic mass is 32.1. The maximum atomic E-state index is 12.5. The molecule has 3 aromatic heterocycles. The molecule has 0 unspecified atom stereocenters. The first-order chi connectivity index (χ1) is 10.8. The van der Waals surface area contributed by atoms with Gasteiger partial charge >= 0.3 is 0 Å². The van der Waals surface area contributed by atoms with E-state index in [0.717, 1.165) is 28.6 Å². The first-order valence-electron chi connectivity index (χ1n) is 7.56. The monoisotopic (exact) mass is 328 g/mol. The van der Waals surface area contributed by atoms with Gasteiger partial charge in [-0.1, -0.05) is 12.5 Å². The molecule has 0 radical (unpaired) electrons. The SMILES string of the molecule is O=c1[nH]c(/C=C/c2ccsc2)nc2sc3c(c12)CCCCC3. The van der Waals surface area contributed by atoms with Crippen LogP contribution in [0.3, 0.4) is 0 Å². The van der Waals surface area contributed by atoms with Gasteiger partial charge in [-0.2, -0.15) is 11.3 Å². The summed E-state index contributed by atoms with van der Waals surface area (Å²) in [4.78, 5) is 22.3. The van der Waals surface area contributed by atoms with Crippen LogP contribution in [0.5, 0.6) is 0 Å². The Kier molecular flexibility index (Phi) is 3.68. The number of aryl methyl sites for hydroxylation is 2. The fourth-order valence-electron chi connectivity index (χ4n) is 2.98. The third-order valence-corrected chi connectivity index (χ3v) is 5.96. The molecule has 4 rings (SSSR count). The lowest BCUT2D eigenvalue weighted by Crippen LogP contribution is -2.10. The summed E-state index contributed by atoms with van der Waals surface area (Å²) in [7, 11) is 0. The summed E-state index contributed by atoms with van der Waals surface area (Å²) in [5.41, 5.74) is 2.39. The maximum absolute atomic E-state index is 12.5. The highest BCUT2D eigenvalue weighted by molar-refractivity contribution is 7.18. The molecule has 0 bridgehead atoms. The lowest BCUT2D eigenvalue weighted by atomic mass is 10.1. The molecule has 1 aliphatic rings. The summed E-state index contributed by atoms with van der Waals surface area (Å²) in [6, 6.07) is 2.05. The van der Waals surface area contributed by atoms with Crippen molar-refractivity contribution < 1.29 is 0 Å². The molecule has 0 aliphatic heterocycles. The number of nitrogens with one attached hydrogen (secondary N) is 1. The standard InChI is InChI=1S/C17H16N2OS2/c20-16-15-12-4-2-1-3-5-13(12)22-17(15)19-14(18-16)7-6-11-8-9-21-10-11/h6-10H,1-5H2,(H,18,19,20)/b7-6+. The van der Waals surface area contributed by atoms with Crippen LogP contribution in [0.15, 0.2) is 21.6 Å². The van der Waals surface area contributed by atoms with E-state index in [2.05, 4.69) is 15.3 Å². The molecule has 0 spiro atoms. The molecule has 3 heterocycles. The van der Waals surface area contributed by atoms with E-state index in [9.17, 15) is 4.79 Å². The van der Waals surface area contributed by atoms with E-state index < -0.39 is 0 Å². The van der Waals surface area contributed by atoms with E-state index in [4.69, 9.17) is 0 Å². The van der Waals surface area contributed by atoms with Crippen molar-refractivity contribution in [3.63, 3.8) is 0 Å². The Morgan fingerprint density at radius 2 is 2.09 bits per heavy atom. The summed E-state index contributed by atoms with van der Waals surface area (Å²) in [6.45, 7) is 0. The van der Waals surface area contributed by atoms with E-state index in [1.54, 1.807) is 22.7 Å². The number of aromatic nitrogens is 2. The predicted octanol–water partition coefficient (Wildman–Crippen LogP) is 4.49. The summed E-state index contributed by atoms with van der Waals surface area (Å²) < 4.78 is 0. The predicted molar refractivity (Wildman–Crippen MR) is 94.7 cm³/mol. The molecule has 1 N–H and O–H groups in total. The molecule has 0 fully saturated rings. The van der Waals surface area contributed by atoms with Gasteiger partial charge in [0.15, 0.2) is 0 Å². The van der Waals surface area contributed by atoms with Crippen LogP contribution in [-0.2, 0) is 12.8 Å². The Hall–Kier alpha value is -1.72. The average molecular weight is 328 g/mol. The van der Waals surface area contributed by atoms with Crippen molar-refractivity contribution in [3.05, 3.63) is 49.0 Å². The normalized spacial score (nSPS) is 15.3. The smallest absolute Gasteiger partial charge is 0.260 e. The quantitative estimate of drug-likeness (QED) is 0.705. The molecule has 22 heavy (non-hydrogen) atoms. The zero-order valence-electron chi connectivity index (χ0n) is 12.1. The molecule has 3 nitrogen and oxygen atoms in total. The highest BCUT2D eigenvalue weighted by Gasteiger charge is 2.18. The number of thiophene rings is 2. The van der Waals surface area contributed by atoms with Gasteiger partial charge in [-0.25, -0.2) is 4.98 Å². The van der Waals surface area contributed by atoms with E-state index in [-0.39, 0.29) is 5.56 Å². The van der Waals surface area contributed by atoms with Crippen molar-refractivity contribution in [1.82, 2.24) is 9.97 Å². The zero-order chi connectivity index (χ0) is 14.9. The highest BCUT2D eigenvalue weighted by Crippen LogP contribution is 2.32.